The van der Waals surface area contributed by atoms with Crippen LogP contribution in [0, 0.1) is 11.3 Å². The summed E-state index contributed by atoms with van der Waals surface area (Å²) in [6.07, 6.45) is -5.39. The molecule has 3 aliphatic rings. The summed E-state index contributed by atoms with van der Waals surface area (Å²) in [6, 6.07) is 0. The largest absolute Gasteiger partial charge is 0.391 e. The van der Waals surface area contributed by atoms with Crippen LogP contribution in [0.15, 0.2) is 12.2 Å². The van der Waals surface area contributed by atoms with Crippen molar-refractivity contribution in [2.75, 3.05) is 34.7 Å². The van der Waals surface area contributed by atoms with Gasteiger partial charge < -0.3 is 48.7 Å². The Kier molecular flexibility index (Phi) is 9.57. The van der Waals surface area contributed by atoms with Crippen LogP contribution in [-0.4, -0.2) is 106 Å². The molecule has 0 radical (unpaired) electrons. The van der Waals surface area contributed by atoms with E-state index in [0.717, 1.165) is 5.57 Å². The van der Waals surface area contributed by atoms with Crippen molar-refractivity contribution in [2.45, 2.75) is 95.3 Å². The summed E-state index contributed by atoms with van der Waals surface area (Å²) in [5, 5.41) is 24.2. The standard InChI is InChI=1S/C25H43NO10/c1-13-10-25(32-8,36-15(3)14(13)2)20(28)22(29)26-23-19-18(33-12-34-23)21(31-7)24(4,5)17(35-19)9-16(27)11-30-6/h14-21,23,27-28H,1,9-12H2,2-8H3,(H,26,29)/t14-,15-,16+,17-,18+,19?,20?,21?,23+,25?/m1/s1. The summed E-state index contributed by atoms with van der Waals surface area (Å²) in [5.74, 6) is -2.26. The SMILES string of the molecule is C=C1CC(OC)(C(O)C(=O)N[C@H]2OCO[C@H]3C2O[C@H](C[C@H](O)COC)C(C)(C)C3OC)O[C@H](C)[C@@H]1C. The second kappa shape index (κ2) is 11.7. The van der Waals surface area contributed by atoms with Gasteiger partial charge in [-0.1, -0.05) is 32.9 Å². The highest BCUT2D eigenvalue weighted by Crippen LogP contribution is 2.44. The van der Waals surface area contributed by atoms with Gasteiger partial charge in [0, 0.05) is 45.5 Å². The maximum Gasteiger partial charge on any atom is 0.256 e. The molecule has 0 spiro atoms. The second-order valence-electron chi connectivity index (χ2n) is 10.6. The van der Waals surface area contributed by atoms with Gasteiger partial charge in [0.15, 0.2) is 12.3 Å². The number of amides is 1. The lowest BCUT2D eigenvalue weighted by molar-refractivity contribution is -0.333. The molecule has 0 bridgehead atoms. The number of aliphatic hydroxyl groups excluding tert-OH is 2. The fourth-order valence-corrected chi connectivity index (χ4v) is 5.44. The Morgan fingerprint density at radius 2 is 1.89 bits per heavy atom. The van der Waals surface area contributed by atoms with Gasteiger partial charge in [-0.15, -0.1) is 0 Å². The first-order valence-electron chi connectivity index (χ1n) is 12.4. The topological polar surface area (TPSA) is 134 Å². The molecule has 36 heavy (non-hydrogen) atoms. The Morgan fingerprint density at radius 3 is 2.47 bits per heavy atom. The van der Waals surface area contributed by atoms with Crippen LogP contribution in [0.4, 0.5) is 0 Å². The number of rotatable bonds is 9. The van der Waals surface area contributed by atoms with Gasteiger partial charge in [-0.05, 0) is 6.92 Å². The van der Waals surface area contributed by atoms with E-state index in [1.165, 1.54) is 14.2 Å². The van der Waals surface area contributed by atoms with Crippen LogP contribution in [0.2, 0.25) is 0 Å². The molecule has 0 saturated carbocycles. The summed E-state index contributed by atoms with van der Waals surface area (Å²) in [5.41, 5.74) is 0.294. The summed E-state index contributed by atoms with van der Waals surface area (Å²) >= 11 is 0. The highest BCUT2D eigenvalue weighted by atomic mass is 16.7. The van der Waals surface area contributed by atoms with Crippen LogP contribution < -0.4 is 5.32 Å². The van der Waals surface area contributed by atoms with Gasteiger partial charge >= 0.3 is 0 Å². The highest BCUT2D eigenvalue weighted by molar-refractivity contribution is 5.82. The lowest BCUT2D eigenvalue weighted by Crippen LogP contribution is -2.69. The van der Waals surface area contributed by atoms with Crippen LogP contribution in [-0.2, 0) is 38.0 Å². The van der Waals surface area contributed by atoms with E-state index in [9.17, 15) is 15.0 Å². The van der Waals surface area contributed by atoms with E-state index in [1.807, 2.05) is 27.7 Å². The van der Waals surface area contributed by atoms with Crippen molar-refractivity contribution in [3.05, 3.63) is 12.2 Å². The van der Waals surface area contributed by atoms with Gasteiger partial charge in [0.1, 0.15) is 19.0 Å². The molecule has 0 aromatic carbocycles. The third kappa shape index (κ3) is 5.64. The van der Waals surface area contributed by atoms with Gasteiger partial charge in [0.25, 0.3) is 5.91 Å². The molecule has 4 unspecified atom stereocenters. The van der Waals surface area contributed by atoms with Gasteiger partial charge in [-0.3, -0.25) is 4.79 Å². The number of nitrogens with one attached hydrogen (secondary N) is 1. The number of methoxy groups -OCH3 is 3. The van der Waals surface area contributed by atoms with Gasteiger partial charge in [-0.25, -0.2) is 0 Å². The van der Waals surface area contributed by atoms with E-state index in [-0.39, 0.29) is 38.3 Å². The van der Waals surface area contributed by atoms with Crippen molar-refractivity contribution in [3.8, 4) is 0 Å². The minimum Gasteiger partial charge on any atom is -0.391 e. The Labute approximate surface area is 213 Å². The number of fused-ring (bicyclic) bond motifs is 1. The Morgan fingerprint density at radius 1 is 1.19 bits per heavy atom. The third-order valence-corrected chi connectivity index (χ3v) is 7.91. The number of ether oxygens (including phenoxy) is 7. The van der Waals surface area contributed by atoms with Crippen molar-refractivity contribution >= 4 is 5.91 Å². The molecule has 3 heterocycles. The lowest BCUT2D eigenvalue weighted by atomic mass is 9.72. The monoisotopic (exact) mass is 517 g/mol. The van der Waals surface area contributed by atoms with Gasteiger partial charge in [0.2, 0.25) is 5.79 Å². The minimum absolute atomic E-state index is 0.0542. The van der Waals surface area contributed by atoms with Gasteiger partial charge in [-0.2, -0.15) is 0 Å². The number of aliphatic hydroxyl groups is 2. The molecule has 10 atom stereocenters. The predicted molar refractivity (Wildman–Crippen MR) is 128 cm³/mol. The van der Waals surface area contributed by atoms with Crippen molar-refractivity contribution in [1.82, 2.24) is 5.32 Å². The van der Waals surface area contributed by atoms with Gasteiger partial charge in [0.05, 0.1) is 31.0 Å². The smallest absolute Gasteiger partial charge is 0.256 e. The molecular formula is C25H43NO10. The van der Waals surface area contributed by atoms with Crippen molar-refractivity contribution in [2.24, 2.45) is 11.3 Å². The number of hydrogen-bond donors (Lipinski definition) is 3. The van der Waals surface area contributed by atoms with Crippen LogP contribution in [0.5, 0.6) is 0 Å². The average Bonchev–Trinajstić information content (AvgIpc) is 2.82. The zero-order valence-electron chi connectivity index (χ0n) is 22.4. The Hall–Kier alpha value is -1.15. The summed E-state index contributed by atoms with van der Waals surface area (Å²) in [4.78, 5) is 13.3. The fourth-order valence-electron chi connectivity index (χ4n) is 5.44. The minimum atomic E-state index is -1.66. The maximum absolute atomic E-state index is 13.3. The predicted octanol–water partition coefficient (Wildman–Crippen LogP) is 0.712. The number of carbonyl (C=O) groups excluding carboxylic acids is 1. The van der Waals surface area contributed by atoms with Crippen LogP contribution >= 0.6 is 0 Å². The lowest BCUT2D eigenvalue weighted by Gasteiger charge is -2.54. The van der Waals surface area contributed by atoms with Crippen LogP contribution in [0.1, 0.15) is 40.5 Å². The molecular weight excluding hydrogens is 474 g/mol. The van der Waals surface area contributed by atoms with Crippen molar-refractivity contribution < 1.29 is 48.2 Å². The Balaban J connectivity index is 1.79. The molecule has 11 nitrogen and oxygen atoms in total. The molecule has 208 valence electrons. The molecule has 0 aliphatic carbocycles. The van der Waals surface area contributed by atoms with E-state index in [4.69, 9.17) is 33.2 Å². The maximum atomic E-state index is 13.3. The summed E-state index contributed by atoms with van der Waals surface area (Å²) in [6.45, 7) is 11.9. The summed E-state index contributed by atoms with van der Waals surface area (Å²) < 4.78 is 40.4. The first-order valence-corrected chi connectivity index (χ1v) is 12.4. The molecule has 1 amide bonds. The van der Waals surface area contributed by atoms with Crippen molar-refractivity contribution in [3.63, 3.8) is 0 Å². The quantitative estimate of drug-likeness (QED) is 0.376. The molecule has 3 saturated heterocycles. The number of hydrogen-bond acceptors (Lipinski definition) is 10. The normalized spacial score (nSPS) is 40.2. The van der Waals surface area contributed by atoms with Crippen LogP contribution in [0.3, 0.4) is 0 Å². The molecule has 3 N–H and O–H groups in total. The fraction of sp³-hybridized carbons (Fsp3) is 0.880. The average molecular weight is 518 g/mol. The van der Waals surface area contributed by atoms with E-state index in [0.29, 0.717) is 0 Å². The highest BCUT2D eigenvalue weighted by Gasteiger charge is 2.57. The molecule has 3 fully saturated rings. The molecule has 11 heteroatoms. The van der Waals surface area contributed by atoms with Crippen molar-refractivity contribution in [1.29, 1.82) is 0 Å². The number of carbonyl (C=O) groups is 1. The second-order valence-corrected chi connectivity index (χ2v) is 10.6. The zero-order valence-corrected chi connectivity index (χ0v) is 22.4. The molecule has 3 aliphatic heterocycles. The van der Waals surface area contributed by atoms with E-state index < -0.39 is 60.0 Å². The molecule has 0 aromatic rings. The van der Waals surface area contributed by atoms with E-state index >= 15 is 0 Å². The van der Waals surface area contributed by atoms with Crippen LogP contribution in [0.25, 0.3) is 0 Å². The third-order valence-electron chi connectivity index (χ3n) is 7.91. The first kappa shape index (κ1) is 29.4. The molecule has 3 rings (SSSR count). The first-order chi connectivity index (χ1) is 16.9. The zero-order chi connectivity index (χ0) is 26.8. The molecule has 0 aromatic heterocycles. The summed E-state index contributed by atoms with van der Waals surface area (Å²) in [7, 11) is 4.49. The Bertz CT molecular complexity index is 778. The van der Waals surface area contributed by atoms with E-state index in [2.05, 4.69) is 11.9 Å². The van der Waals surface area contributed by atoms with E-state index in [1.54, 1.807) is 7.11 Å².